The molecule has 1 aliphatic carbocycles. The van der Waals surface area contributed by atoms with E-state index in [4.69, 9.17) is 5.73 Å². The highest BCUT2D eigenvalue weighted by molar-refractivity contribution is 4.96. The van der Waals surface area contributed by atoms with Crippen LogP contribution in [0.2, 0.25) is 0 Å². The standard InChI is InChI=1S/C12H23N5/c1-2-10-4-6-11(7-5-10)12-14-15-16-17(12)9-3-8-13/h10-11H,2-9,13H2,1H3. The molecule has 0 radical (unpaired) electrons. The quantitative estimate of drug-likeness (QED) is 0.846. The van der Waals surface area contributed by atoms with E-state index in [-0.39, 0.29) is 0 Å². The first-order valence-corrected chi connectivity index (χ1v) is 6.81. The van der Waals surface area contributed by atoms with Crippen molar-refractivity contribution in [2.45, 2.75) is 57.9 Å². The average Bonchev–Trinajstić information content (AvgIpc) is 2.84. The van der Waals surface area contributed by atoms with E-state index in [1.54, 1.807) is 0 Å². The van der Waals surface area contributed by atoms with Crippen LogP contribution < -0.4 is 5.73 Å². The van der Waals surface area contributed by atoms with Crippen LogP contribution in [-0.2, 0) is 6.54 Å². The topological polar surface area (TPSA) is 69.6 Å². The second kappa shape index (κ2) is 6.10. The number of nitrogens with two attached hydrogens (primary N) is 1. The molecule has 1 heterocycles. The number of nitrogens with zero attached hydrogens (tertiary/aromatic N) is 4. The molecular formula is C12H23N5. The molecule has 0 unspecified atom stereocenters. The third kappa shape index (κ3) is 3.03. The summed E-state index contributed by atoms with van der Waals surface area (Å²) < 4.78 is 1.95. The van der Waals surface area contributed by atoms with Crippen molar-refractivity contribution in [3.63, 3.8) is 0 Å². The SMILES string of the molecule is CCC1CCC(c2nnnn2CCCN)CC1. The Kier molecular flexibility index (Phi) is 4.48. The first-order chi connectivity index (χ1) is 8.35. The highest BCUT2D eigenvalue weighted by Crippen LogP contribution is 2.35. The third-order valence-corrected chi connectivity index (χ3v) is 3.92. The van der Waals surface area contributed by atoms with Gasteiger partial charge in [0.1, 0.15) is 0 Å². The first-order valence-electron chi connectivity index (χ1n) is 6.81. The molecule has 0 bridgehead atoms. The zero-order valence-electron chi connectivity index (χ0n) is 10.7. The fourth-order valence-electron chi connectivity index (χ4n) is 2.73. The molecule has 0 aromatic carbocycles. The van der Waals surface area contributed by atoms with Gasteiger partial charge in [0.15, 0.2) is 5.82 Å². The van der Waals surface area contributed by atoms with E-state index in [1.165, 1.54) is 32.1 Å². The zero-order valence-corrected chi connectivity index (χ0v) is 10.7. The molecule has 0 aliphatic heterocycles. The van der Waals surface area contributed by atoms with Crippen molar-refractivity contribution in [1.29, 1.82) is 0 Å². The van der Waals surface area contributed by atoms with Crippen LogP contribution in [0.3, 0.4) is 0 Å². The summed E-state index contributed by atoms with van der Waals surface area (Å²) in [5.74, 6) is 2.55. The van der Waals surface area contributed by atoms with Crippen LogP contribution in [0.5, 0.6) is 0 Å². The Morgan fingerprint density at radius 3 is 2.71 bits per heavy atom. The number of rotatable bonds is 5. The molecule has 0 saturated heterocycles. The molecule has 1 fully saturated rings. The summed E-state index contributed by atoms with van der Waals surface area (Å²) in [4.78, 5) is 0. The molecule has 0 amide bonds. The van der Waals surface area contributed by atoms with Crippen LogP contribution in [-0.4, -0.2) is 26.8 Å². The summed E-state index contributed by atoms with van der Waals surface area (Å²) in [6.45, 7) is 3.84. The van der Waals surface area contributed by atoms with E-state index in [9.17, 15) is 0 Å². The molecule has 1 aliphatic rings. The van der Waals surface area contributed by atoms with E-state index in [0.29, 0.717) is 12.5 Å². The Morgan fingerprint density at radius 1 is 1.29 bits per heavy atom. The van der Waals surface area contributed by atoms with Gasteiger partial charge in [-0.25, -0.2) is 4.68 Å². The van der Waals surface area contributed by atoms with E-state index >= 15 is 0 Å². The van der Waals surface area contributed by atoms with Crippen molar-refractivity contribution >= 4 is 0 Å². The largest absolute Gasteiger partial charge is 0.330 e. The van der Waals surface area contributed by atoms with E-state index in [0.717, 1.165) is 24.7 Å². The van der Waals surface area contributed by atoms with Gasteiger partial charge < -0.3 is 5.73 Å². The Labute approximate surface area is 103 Å². The van der Waals surface area contributed by atoms with Gasteiger partial charge in [-0.15, -0.1) is 5.10 Å². The Balaban J connectivity index is 1.95. The van der Waals surface area contributed by atoms with Crippen LogP contribution >= 0.6 is 0 Å². The molecule has 5 nitrogen and oxygen atoms in total. The van der Waals surface area contributed by atoms with Gasteiger partial charge in [0.25, 0.3) is 0 Å². The highest BCUT2D eigenvalue weighted by atomic mass is 15.5. The molecule has 96 valence electrons. The lowest BCUT2D eigenvalue weighted by Gasteiger charge is -2.26. The van der Waals surface area contributed by atoms with Crippen molar-refractivity contribution in [2.75, 3.05) is 6.54 Å². The lowest BCUT2D eigenvalue weighted by Crippen LogP contribution is -2.18. The van der Waals surface area contributed by atoms with Crippen molar-refractivity contribution < 1.29 is 0 Å². The second-order valence-electron chi connectivity index (χ2n) is 5.03. The van der Waals surface area contributed by atoms with Crippen LogP contribution in [0.15, 0.2) is 0 Å². The average molecular weight is 237 g/mol. The maximum atomic E-state index is 5.53. The molecule has 0 spiro atoms. The van der Waals surface area contributed by atoms with Gasteiger partial charge in [0, 0.05) is 12.5 Å². The summed E-state index contributed by atoms with van der Waals surface area (Å²) in [5.41, 5.74) is 5.53. The van der Waals surface area contributed by atoms with Crippen LogP contribution in [0.4, 0.5) is 0 Å². The minimum absolute atomic E-state index is 0.561. The van der Waals surface area contributed by atoms with Crippen molar-refractivity contribution in [1.82, 2.24) is 20.2 Å². The Hall–Kier alpha value is -0.970. The molecule has 1 saturated carbocycles. The van der Waals surface area contributed by atoms with Gasteiger partial charge in [-0.1, -0.05) is 13.3 Å². The fraction of sp³-hybridized carbons (Fsp3) is 0.917. The molecular weight excluding hydrogens is 214 g/mol. The molecule has 2 N–H and O–H groups in total. The Bertz CT molecular complexity index is 327. The number of tetrazole rings is 1. The number of aromatic nitrogens is 4. The highest BCUT2D eigenvalue weighted by Gasteiger charge is 2.25. The number of aryl methyl sites for hydroxylation is 1. The van der Waals surface area contributed by atoms with Crippen LogP contribution in [0.1, 0.15) is 57.2 Å². The van der Waals surface area contributed by atoms with Crippen molar-refractivity contribution in [3.05, 3.63) is 5.82 Å². The van der Waals surface area contributed by atoms with E-state index in [2.05, 4.69) is 22.4 Å². The molecule has 2 rings (SSSR count). The maximum absolute atomic E-state index is 5.53. The minimum Gasteiger partial charge on any atom is -0.330 e. The molecule has 1 aromatic rings. The normalized spacial score (nSPS) is 25.1. The van der Waals surface area contributed by atoms with Crippen LogP contribution in [0, 0.1) is 5.92 Å². The molecule has 1 aromatic heterocycles. The molecule has 17 heavy (non-hydrogen) atoms. The monoisotopic (exact) mass is 237 g/mol. The summed E-state index contributed by atoms with van der Waals surface area (Å²) in [7, 11) is 0. The van der Waals surface area contributed by atoms with Gasteiger partial charge >= 0.3 is 0 Å². The van der Waals surface area contributed by atoms with Gasteiger partial charge in [0.05, 0.1) is 0 Å². The predicted molar refractivity (Wildman–Crippen MR) is 66.5 cm³/mol. The smallest absolute Gasteiger partial charge is 0.154 e. The van der Waals surface area contributed by atoms with Gasteiger partial charge in [0.2, 0.25) is 0 Å². The van der Waals surface area contributed by atoms with Gasteiger partial charge in [-0.3, -0.25) is 0 Å². The second-order valence-corrected chi connectivity index (χ2v) is 5.03. The third-order valence-electron chi connectivity index (χ3n) is 3.92. The Morgan fingerprint density at radius 2 is 2.06 bits per heavy atom. The molecule has 5 heteroatoms. The van der Waals surface area contributed by atoms with Gasteiger partial charge in [-0.05, 0) is 55.0 Å². The minimum atomic E-state index is 0.561. The summed E-state index contributed by atoms with van der Waals surface area (Å²) in [5, 5.41) is 12.1. The fourth-order valence-corrected chi connectivity index (χ4v) is 2.73. The lowest BCUT2D eigenvalue weighted by atomic mass is 9.80. The summed E-state index contributed by atoms with van der Waals surface area (Å²) >= 11 is 0. The summed E-state index contributed by atoms with van der Waals surface area (Å²) in [6, 6.07) is 0. The first kappa shape index (κ1) is 12.5. The lowest BCUT2D eigenvalue weighted by molar-refractivity contribution is 0.305. The van der Waals surface area contributed by atoms with E-state index < -0.39 is 0 Å². The van der Waals surface area contributed by atoms with E-state index in [1.807, 2.05) is 4.68 Å². The number of hydrogen-bond acceptors (Lipinski definition) is 4. The van der Waals surface area contributed by atoms with Gasteiger partial charge in [-0.2, -0.15) is 0 Å². The van der Waals surface area contributed by atoms with Crippen LogP contribution in [0.25, 0.3) is 0 Å². The summed E-state index contributed by atoms with van der Waals surface area (Å²) in [6.07, 6.45) is 7.38. The predicted octanol–water partition coefficient (Wildman–Crippen LogP) is 1.71. The number of hydrogen-bond donors (Lipinski definition) is 1. The van der Waals surface area contributed by atoms with Crippen molar-refractivity contribution in [2.24, 2.45) is 11.7 Å². The van der Waals surface area contributed by atoms with Crippen molar-refractivity contribution in [3.8, 4) is 0 Å². The molecule has 0 atom stereocenters. The maximum Gasteiger partial charge on any atom is 0.154 e. The zero-order chi connectivity index (χ0) is 12.1.